The van der Waals surface area contributed by atoms with Crippen molar-refractivity contribution in [2.45, 2.75) is 24.8 Å². The Bertz CT molecular complexity index is 328. The molecule has 1 N–H and O–H groups in total. The van der Waals surface area contributed by atoms with E-state index in [1.807, 2.05) is 36.3 Å². The van der Waals surface area contributed by atoms with Crippen molar-refractivity contribution in [1.29, 1.82) is 0 Å². The van der Waals surface area contributed by atoms with Crippen LogP contribution in [-0.4, -0.2) is 27.1 Å². The summed E-state index contributed by atoms with van der Waals surface area (Å²) in [6.45, 7) is 0. The molecule has 1 aliphatic rings. The average Bonchev–Trinajstić information content (AvgIpc) is 2.71. The van der Waals surface area contributed by atoms with Crippen LogP contribution in [-0.2, 0) is 10.3 Å². The Morgan fingerprint density at radius 1 is 1.33 bits per heavy atom. The first-order chi connectivity index (χ1) is 7.23. The summed E-state index contributed by atoms with van der Waals surface area (Å²) in [7, 11) is 0. The zero-order chi connectivity index (χ0) is 10.7. The minimum absolute atomic E-state index is 0.180. The standard InChI is InChI=1S/C11H15NO2S/c13-10(14)9-11(3-7-15-8-4-11)12-5-1-2-6-12/h1-2,5-6H,3-4,7-9H2,(H,13,14). The van der Waals surface area contributed by atoms with Gasteiger partial charge in [-0.15, -0.1) is 0 Å². The molecule has 0 aromatic carbocycles. The second-order valence-corrected chi connectivity index (χ2v) is 5.22. The zero-order valence-corrected chi connectivity index (χ0v) is 9.37. The van der Waals surface area contributed by atoms with Crippen LogP contribution in [0.5, 0.6) is 0 Å². The Kier molecular flexibility index (Phi) is 3.05. The number of hydrogen-bond acceptors (Lipinski definition) is 2. The van der Waals surface area contributed by atoms with Gasteiger partial charge in [-0.3, -0.25) is 4.79 Å². The van der Waals surface area contributed by atoms with Crippen molar-refractivity contribution < 1.29 is 9.90 Å². The smallest absolute Gasteiger partial charge is 0.305 e. The van der Waals surface area contributed by atoms with Gasteiger partial charge < -0.3 is 9.67 Å². The van der Waals surface area contributed by atoms with Crippen LogP contribution in [0.25, 0.3) is 0 Å². The molecular weight excluding hydrogens is 210 g/mol. The fourth-order valence-electron chi connectivity index (χ4n) is 2.21. The van der Waals surface area contributed by atoms with Gasteiger partial charge in [-0.2, -0.15) is 11.8 Å². The van der Waals surface area contributed by atoms with E-state index >= 15 is 0 Å². The van der Waals surface area contributed by atoms with Gasteiger partial charge in [0.05, 0.1) is 12.0 Å². The van der Waals surface area contributed by atoms with Gasteiger partial charge in [-0.1, -0.05) is 0 Å². The molecule has 4 heteroatoms. The van der Waals surface area contributed by atoms with Gasteiger partial charge in [-0.25, -0.2) is 0 Å². The normalized spacial score (nSPS) is 20.0. The van der Waals surface area contributed by atoms with Gasteiger partial charge in [-0.05, 0) is 36.5 Å². The third-order valence-electron chi connectivity index (χ3n) is 3.06. The minimum Gasteiger partial charge on any atom is -0.481 e. The molecule has 0 unspecified atom stereocenters. The summed E-state index contributed by atoms with van der Waals surface area (Å²) in [5, 5.41) is 9.01. The van der Waals surface area contributed by atoms with Crippen molar-refractivity contribution in [2.24, 2.45) is 0 Å². The molecule has 1 fully saturated rings. The maximum absolute atomic E-state index is 10.9. The summed E-state index contributed by atoms with van der Waals surface area (Å²) in [4.78, 5) is 10.9. The van der Waals surface area contributed by atoms with Gasteiger partial charge in [0.2, 0.25) is 0 Å². The van der Waals surface area contributed by atoms with E-state index in [4.69, 9.17) is 5.11 Å². The molecule has 1 aromatic heterocycles. The molecule has 0 bridgehead atoms. The summed E-state index contributed by atoms with van der Waals surface area (Å²) in [5.41, 5.74) is -0.180. The van der Waals surface area contributed by atoms with Crippen LogP contribution in [0.2, 0.25) is 0 Å². The first kappa shape index (κ1) is 10.6. The summed E-state index contributed by atoms with van der Waals surface area (Å²) in [6.07, 6.45) is 6.12. The van der Waals surface area contributed by atoms with E-state index in [-0.39, 0.29) is 12.0 Å². The Morgan fingerprint density at radius 2 is 1.93 bits per heavy atom. The van der Waals surface area contributed by atoms with E-state index in [1.54, 1.807) is 0 Å². The highest BCUT2D eigenvalue weighted by Crippen LogP contribution is 2.36. The topological polar surface area (TPSA) is 42.2 Å². The summed E-state index contributed by atoms with van der Waals surface area (Å²) in [5.74, 6) is 1.42. The average molecular weight is 225 g/mol. The maximum Gasteiger partial charge on any atom is 0.305 e. The minimum atomic E-state index is -0.699. The molecule has 2 rings (SSSR count). The van der Waals surface area contributed by atoms with E-state index < -0.39 is 5.97 Å². The van der Waals surface area contributed by atoms with Crippen molar-refractivity contribution >= 4 is 17.7 Å². The first-order valence-electron chi connectivity index (χ1n) is 5.16. The SMILES string of the molecule is O=C(O)CC1(n2cccc2)CCSCC1. The lowest BCUT2D eigenvalue weighted by atomic mass is 9.88. The maximum atomic E-state index is 10.9. The highest BCUT2D eigenvalue weighted by molar-refractivity contribution is 7.99. The number of thioether (sulfide) groups is 1. The molecule has 0 radical (unpaired) electrons. The third-order valence-corrected chi connectivity index (χ3v) is 4.04. The summed E-state index contributed by atoms with van der Waals surface area (Å²) in [6, 6.07) is 3.93. The lowest BCUT2D eigenvalue weighted by molar-refractivity contribution is -0.139. The van der Waals surface area contributed by atoms with Crippen LogP contribution in [0.15, 0.2) is 24.5 Å². The molecule has 3 nitrogen and oxygen atoms in total. The number of carbonyl (C=O) groups is 1. The van der Waals surface area contributed by atoms with Gasteiger partial charge in [0.1, 0.15) is 0 Å². The van der Waals surface area contributed by atoms with Crippen LogP contribution in [0.1, 0.15) is 19.3 Å². The second kappa shape index (κ2) is 4.31. The molecule has 82 valence electrons. The van der Waals surface area contributed by atoms with Gasteiger partial charge >= 0.3 is 5.97 Å². The number of carboxylic acid groups (broad SMARTS) is 1. The largest absolute Gasteiger partial charge is 0.481 e. The highest BCUT2D eigenvalue weighted by atomic mass is 32.2. The lowest BCUT2D eigenvalue weighted by Gasteiger charge is -2.37. The third kappa shape index (κ3) is 2.20. The first-order valence-corrected chi connectivity index (χ1v) is 6.31. The molecule has 1 aromatic rings. The molecule has 0 saturated carbocycles. The Labute approximate surface area is 93.5 Å². The monoisotopic (exact) mass is 225 g/mol. The van der Waals surface area contributed by atoms with E-state index in [0.29, 0.717) is 0 Å². The number of carboxylic acids is 1. The molecule has 2 heterocycles. The van der Waals surface area contributed by atoms with E-state index in [9.17, 15) is 4.79 Å². The lowest BCUT2D eigenvalue weighted by Crippen LogP contribution is -2.38. The summed E-state index contributed by atoms with van der Waals surface area (Å²) < 4.78 is 2.08. The Balaban J connectivity index is 2.25. The fourth-order valence-corrected chi connectivity index (χ4v) is 3.46. The molecule has 0 amide bonds. The van der Waals surface area contributed by atoms with E-state index in [2.05, 4.69) is 4.57 Å². The number of rotatable bonds is 3. The van der Waals surface area contributed by atoms with Crippen molar-refractivity contribution in [2.75, 3.05) is 11.5 Å². The number of hydrogen-bond donors (Lipinski definition) is 1. The zero-order valence-electron chi connectivity index (χ0n) is 8.56. The molecule has 0 spiro atoms. The quantitative estimate of drug-likeness (QED) is 0.857. The molecule has 15 heavy (non-hydrogen) atoms. The molecule has 0 aliphatic carbocycles. The Morgan fingerprint density at radius 3 is 2.47 bits per heavy atom. The second-order valence-electron chi connectivity index (χ2n) is 4.00. The van der Waals surface area contributed by atoms with Crippen molar-refractivity contribution in [3.05, 3.63) is 24.5 Å². The van der Waals surface area contributed by atoms with Gasteiger partial charge in [0.25, 0.3) is 0 Å². The van der Waals surface area contributed by atoms with Crippen LogP contribution in [0.3, 0.4) is 0 Å². The highest BCUT2D eigenvalue weighted by Gasteiger charge is 2.35. The van der Waals surface area contributed by atoms with Crippen molar-refractivity contribution in [1.82, 2.24) is 4.57 Å². The number of aromatic nitrogens is 1. The molecule has 1 aliphatic heterocycles. The molecule has 1 saturated heterocycles. The molecule has 0 atom stereocenters. The predicted octanol–water partition coefficient (Wildman–Crippen LogP) is 2.19. The number of nitrogens with zero attached hydrogens (tertiary/aromatic N) is 1. The Hall–Kier alpha value is -0.900. The molecular formula is C11H15NO2S. The van der Waals surface area contributed by atoms with Crippen LogP contribution >= 0.6 is 11.8 Å². The van der Waals surface area contributed by atoms with E-state index in [1.165, 1.54) is 0 Å². The van der Waals surface area contributed by atoms with Gasteiger partial charge in [0, 0.05) is 12.4 Å². The fraction of sp³-hybridized carbons (Fsp3) is 0.545. The van der Waals surface area contributed by atoms with Crippen molar-refractivity contribution in [3.8, 4) is 0 Å². The van der Waals surface area contributed by atoms with E-state index in [0.717, 1.165) is 24.3 Å². The van der Waals surface area contributed by atoms with Crippen LogP contribution < -0.4 is 0 Å². The van der Waals surface area contributed by atoms with Crippen molar-refractivity contribution in [3.63, 3.8) is 0 Å². The van der Waals surface area contributed by atoms with Crippen LogP contribution in [0, 0.1) is 0 Å². The van der Waals surface area contributed by atoms with Crippen LogP contribution in [0.4, 0.5) is 0 Å². The summed E-state index contributed by atoms with van der Waals surface area (Å²) >= 11 is 1.92. The number of aliphatic carboxylic acids is 1. The van der Waals surface area contributed by atoms with Gasteiger partial charge in [0.15, 0.2) is 0 Å². The predicted molar refractivity (Wildman–Crippen MR) is 61.2 cm³/mol.